The lowest BCUT2D eigenvalue weighted by atomic mass is 9.78. The third-order valence-electron chi connectivity index (χ3n) is 6.04. The molecule has 0 spiro atoms. The summed E-state index contributed by atoms with van der Waals surface area (Å²) in [5.74, 6) is 0. The van der Waals surface area contributed by atoms with Crippen LogP contribution in [-0.2, 0) is 5.41 Å². The van der Waals surface area contributed by atoms with E-state index in [1.54, 1.807) is 0 Å². The molecule has 0 unspecified atom stereocenters. The van der Waals surface area contributed by atoms with Crippen LogP contribution in [0.4, 0.5) is 17.1 Å². The van der Waals surface area contributed by atoms with Gasteiger partial charge in [-0.25, -0.2) is 0 Å². The van der Waals surface area contributed by atoms with E-state index in [-0.39, 0.29) is 5.41 Å². The standard InChI is InChI=1S/C27H31N/c1-6-22-10-9-11-26(20-22)28(24-16-12-21(4)13-17-24)25-18-14-23(15-19-25)27(5,7-2)8-3/h6,9-20H,1,7-8H2,2-5H3. The smallest absolute Gasteiger partial charge is 0.0467 e. The van der Waals surface area contributed by atoms with E-state index in [1.807, 2.05) is 6.08 Å². The van der Waals surface area contributed by atoms with Crippen LogP contribution in [-0.4, -0.2) is 0 Å². The molecule has 0 saturated carbocycles. The SMILES string of the molecule is C=Cc1cccc(N(c2ccc(C)cc2)c2ccc(C(C)(CC)CC)cc2)c1. The summed E-state index contributed by atoms with van der Waals surface area (Å²) in [6, 6.07) is 26.3. The summed E-state index contributed by atoms with van der Waals surface area (Å²) in [5, 5.41) is 0. The monoisotopic (exact) mass is 369 g/mol. The molecule has 1 nitrogen and oxygen atoms in total. The van der Waals surface area contributed by atoms with Gasteiger partial charge in [0.25, 0.3) is 0 Å². The molecular weight excluding hydrogens is 338 g/mol. The quantitative estimate of drug-likeness (QED) is 0.406. The fourth-order valence-electron chi connectivity index (χ4n) is 3.60. The van der Waals surface area contributed by atoms with Gasteiger partial charge in [0.2, 0.25) is 0 Å². The fraction of sp³-hybridized carbons (Fsp3) is 0.259. The van der Waals surface area contributed by atoms with Crippen LogP contribution >= 0.6 is 0 Å². The van der Waals surface area contributed by atoms with Crippen molar-refractivity contribution in [2.24, 2.45) is 0 Å². The van der Waals surface area contributed by atoms with Gasteiger partial charge in [-0.05, 0) is 72.7 Å². The van der Waals surface area contributed by atoms with Gasteiger partial charge in [0.1, 0.15) is 0 Å². The maximum absolute atomic E-state index is 3.93. The van der Waals surface area contributed by atoms with Crippen LogP contribution in [0, 0.1) is 6.92 Å². The molecule has 3 aromatic carbocycles. The van der Waals surface area contributed by atoms with E-state index in [1.165, 1.54) is 16.8 Å². The molecule has 0 saturated heterocycles. The second-order valence-corrected chi connectivity index (χ2v) is 7.78. The minimum absolute atomic E-state index is 0.232. The van der Waals surface area contributed by atoms with Crippen molar-refractivity contribution in [2.45, 2.75) is 46.0 Å². The van der Waals surface area contributed by atoms with Gasteiger partial charge in [-0.3, -0.25) is 0 Å². The Kier molecular flexibility index (Phi) is 6.04. The average Bonchev–Trinajstić information content (AvgIpc) is 2.75. The Bertz CT molecular complexity index is 915. The Labute approximate surface area is 170 Å². The van der Waals surface area contributed by atoms with Crippen molar-refractivity contribution in [3.8, 4) is 0 Å². The zero-order valence-corrected chi connectivity index (χ0v) is 17.6. The lowest BCUT2D eigenvalue weighted by Crippen LogP contribution is -2.19. The Morgan fingerprint density at radius 1 is 0.821 bits per heavy atom. The van der Waals surface area contributed by atoms with E-state index >= 15 is 0 Å². The average molecular weight is 370 g/mol. The molecule has 0 heterocycles. The van der Waals surface area contributed by atoms with E-state index in [2.05, 4.69) is 112 Å². The van der Waals surface area contributed by atoms with Gasteiger partial charge < -0.3 is 4.90 Å². The van der Waals surface area contributed by atoms with Crippen LogP contribution in [0.5, 0.6) is 0 Å². The van der Waals surface area contributed by atoms with Crippen molar-refractivity contribution in [3.05, 3.63) is 96.1 Å². The van der Waals surface area contributed by atoms with Crippen LogP contribution in [0.2, 0.25) is 0 Å². The highest BCUT2D eigenvalue weighted by Crippen LogP contribution is 2.37. The highest BCUT2D eigenvalue weighted by molar-refractivity contribution is 5.77. The molecule has 144 valence electrons. The minimum atomic E-state index is 0.232. The predicted molar refractivity (Wildman–Crippen MR) is 124 cm³/mol. The number of hydrogen-bond donors (Lipinski definition) is 0. The number of aryl methyl sites for hydroxylation is 1. The van der Waals surface area contributed by atoms with Gasteiger partial charge in [-0.15, -0.1) is 0 Å². The van der Waals surface area contributed by atoms with Gasteiger partial charge in [0.05, 0.1) is 0 Å². The lowest BCUT2D eigenvalue weighted by Gasteiger charge is -2.29. The first-order valence-corrected chi connectivity index (χ1v) is 10.2. The van der Waals surface area contributed by atoms with Crippen molar-refractivity contribution >= 4 is 23.1 Å². The molecule has 28 heavy (non-hydrogen) atoms. The van der Waals surface area contributed by atoms with E-state index in [9.17, 15) is 0 Å². The van der Waals surface area contributed by atoms with Crippen molar-refractivity contribution in [1.82, 2.24) is 0 Å². The number of benzene rings is 3. The number of rotatable bonds is 7. The van der Waals surface area contributed by atoms with Gasteiger partial charge in [-0.1, -0.05) is 75.4 Å². The van der Waals surface area contributed by atoms with Crippen molar-refractivity contribution < 1.29 is 0 Å². The second-order valence-electron chi connectivity index (χ2n) is 7.78. The molecule has 0 radical (unpaired) electrons. The molecule has 0 atom stereocenters. The predicted octanol–water partition coefficient (Wildman–Crippen LogP) is 8.19. The largest absolute Gasteiger partial charge is 0.310 e. The summed E-state index contributed by atoms with van der Waals surface area (Å²) >= 11 is 0. The van der Waals surface area contributed by atoms with Crippen LogP contribution in [0.1, 0.15) is 50.3 Å². The normalized spacial score (nSPS) is 11.3. The highest BCUT2D eigenvalue weighted by Gasteiger charge is 2.22. The molecule has 3 aromatic rings. The summed E-state index contributed by atoms with van der Waals surface area (Å²) in [5.41, 5.74) is 7.50. The fourth-order valence-corrected chi connectivity index (χ4v) is 3.60. The summed E-state index contributed by atoms with van der Waals surface area (Å²) in [6.07, 6.45) is 4.19. The Balaban J connectivity index is 2.08. The number of nitrogens with zero attached hydrogens (tertiary/aromatic N) is 1. The third-order valence-corrected chi connectivity index (χ3v) is 6.04. The van der Waals surface area contributed by atoms with Gasteiger partial charge in [0, 0.05) is 17.1 Å². The van der Waals surface area contributed by atoms with Crippen LogP contribution in [0.25, 0.3) is 6.08 Å². The lowest BCUT2D eigenvalue weighted by molar-refractivity contribution is 0.439. The molecule has 0 bridgehead atoms. The molecule has 0 amide bonds. The van der Waals surface area contributed by atoms with Gasteiger partial charge in [-0.2, -0.15) is 0 Å². The minimum Gasteiger partial charge on any atom is -0.310 e. The van der Waals surface area contributed by atoms with Crippen molar-refractivity contribution in [3.63, 3.8) is 0 Å². The van der Waals surface area contributed by atoms with E-state index < -0.39 is 0 Å². The maximum atomic E-state index is 3.93. The zero-order valence-electron chi connectivity index (χ0n) is 17.6. The van der Waals surface area contributed by atoms with Crippen LogP contribution in [0.3, 0.4) is 0 Å². The summed E-state index contributed by atoms with van der Waals surface area (Å²) in [6.45, 7) is 13.0. The number of hydrogen-bond acceptors (Lipinski definition) is 1. The molecule has 0 fully saturated rings. The first-order chi connectivity index (χ1) is 13.5. The summed E-state index contributed by atoms with van der Waals surface area (Å²) in [7, 11) is 0. The molecular formula is C27H31N. The molecule has 0 aliphatic rings. The van der Waals surface area contributed by atoms with E-state index in [4.69, 9.17) is 0 Å². The highest BCUT2D eigenvalue weighted by atomic mass is 15.1. The van der Waals surface area contributed by atoms with Gasteiger partial charge >= 0.3 is 0 Å². The van der Waals surface area contributed by atoms with Crippen LogP contribution < -0.4 is 4.90 Å². The summed E-state index contributed by atoms with van der Waals surface area (Å²) in [4.78, 5) is 2.31. The first-order valence-electron chi connectivity index (χ1n) is 10.2. The molecule has 1 heteroatoms. The zero-order chi connectivity index (χ0) is 20.1. The Morgan fingerprint density at radius 3 is 1.93 bits per heavy atom. The molecule has 3 rings (SSSR count). The molecule has 0 aliphatic heterocycles. The number of anilines is 3. The third kappa shape index (κ3) is 4.04. The molecule has 0 N–H and O–H groups in total. The van der Waals surface area contributed by atoms with Crippen molar-refractivity contribution in [2.75, 3.05) is 4.90 Å². The Morgan fingerprint density at radius 2 is 1.39 bits per heavy atom. The topological polar surface area (TPSA) is 3.24 Å². The van der Waals surface area contributed by atoms with Crippen molar-refractivity contribution in [1.29, 1.82) is 0 Å². The van der Waals surface area contributed by atoms with E-state index in [0.29, 0.717) is 0 Å². The maximum Gasteiger partial charge on any atom is 0.0467 e. The second kappa shape index (κ2) is 8.48. The molecule has 0 aromatic heterocycles. The van der Waals surface area contributed by atoms with Gasteiger partial charge in [0.15, 0.2) is 0 Å². The summed E-state index contributed by atoms with van der Waals surface area (Å²) < 4.78 is 0. The molecule has 0 aliphatic carbocycles. The Hall–Kier alpha value is -2.80. The van der Waals surface area contributed by atoms with E-state index in [0.717, 1.165) is 29.8 Å². The first kappa shape index (κ1) is 19.9. The van der Waals surface area contributed by atoms with Crippen LogP contribution in [0.15, 0.2) is 79.4 Å².